The van der Waals surface area contributed by atoms with E-state index in [0.29, 0.717) is 30.0 Å². The monoisotopic (exact) mass is 347 g/mol. The standard InChI is InChI=1S/C16H17N3O4S/c20-19(21)14-6-7-15(17-10-12-8-9-24(22,23)11-12)18-16(14)13-4-2-1-3-5-13/h1-7,12H,8-11H2,(H,17,18). The fourth-order valence-electron chi connectivity index (χ4n) is 2.79. The molecular formula is C16H17N3O4S. The predicted molar refractivity (Wildman–Crippen MR) is 91.6 cm³/mol. The van der Waals surface area contributed by atoms with Crippen molar-refractivity contribution in [1.82, 2.24) is 4.98 Å². The van der Waals surface area contributed by atoms with Gasteiger partial charge in [-0.1, -0.05) is 30.3 Å². The maximum Gasteiger partial charge on any atom is 0.295 e. The van der Waals surface area contributed by atoms with Gasteiger partial charge < -0.3 is 5.32 Å². The molecule has 1 atom stereocenters. The van der Waals surface area contributed by atoms with Gasteiger partial charge in [0.25, 0.3) is 5.69 Å². The molecule has 0 spiro atoms. The highest BCUT2D eigenvalue weighted by Gasteiger charge is 2.27. The average Bonchev–Trinajstić information content (AvgIpc) is 2.92. The second-order valence-electron chi connectivity index (χ2n) is 5.84. The number of rotatable bonds is 5. The van der Waals surface area contributed by atoms with Crippen LogP contribution in [-0.2, 0) is 9.84 Å². The van der Waals surface area contributed by atoms with E-state index in [2.05, 4.69) is 10.3 Å². The van der Waals surface area contributed by atoms with E-state index < -0.39 is 14.8 Å². The first-order valence-electron chi connectivity index (χ1n) is 7.60. The third-order valence-electron chi connectivity index (χ3n) is 4.02. The summed E-state index contributed by atoms with van der Waals surface area (Å²) in [6.07, 6.45) is 0.633. The Morgan fingerprint density at radius 1 is 1.21 bits per heavy atom. The highest BCUT2D eigenvalue weighted by molar-refractivity contribution is 7.91. The van der Waals surface area contributed by atoms with Crippen molar-refractivity contribution in [2.45, 2.75) is 6.42 Å². The second-order valence-corrected chi connectivity index (χ2v) is 8.07. The molecule has 0 bridgehead atoms. The summed E-state index contributed by atoms with van der Waals surface area (Å²) in [7, 11) is -2.92. The molecule has 24 heavy (non-hydrogen) atoms. The lowest BCUT2D eigenvalue weighted by Gasteiger charge is -2.11. The van der Waals surface area contributed by atoms with E-state index in [1.54, 1.807) is 30.3 Å². The number of pyridine rings is 1. The van der Waals surface area contributed by atoms with Crippen LogP contribution in [-0.4, -0.2) is 36.4 Å². The van der Waals surface area contributed by atoms with Crippen LogP contribution in [0.3, 0.4) is 0 Å². The molecule has 0 radical (unpaired) electrons. The number of anilines is 1. The van der Waals surface area contributed by atoms with Gasteiger partial charge in [-0.15, -0.1) is 0 Å². The summed E-state index contributed by atoms with van der Waals surface area (Å²) in [5, 5.41) is 14.3. The average molecular weight is 347 g/mol. The number of nitro groups is 1. The molecule has 1 unspecified atom stereocenters. The highest BCUT2D eigenvalue weighted by Crippen LogP contribution is 2.29. The summed E-state index contributed by atoms with van der Waals surface area (Å²) in [6, 6.07) is 11.9. The number of hydrogen-bond donors (Lipinski definition) is 1. The first-order chi connectivity index (χ1) is 11.4. The van der Waals surface area contributed by atoms with Crippen LogP contribution in [0.4, 0.5) is 11.5 Å². The van der Waals surface area contributed by atoms with Crippen LogP contribution >= 0.6 is 0 Å². The minimum atomic E-state index is -2.92. The maximum absolute atomic E-state index is 11.5. The molecule has 1 aliphatic rings. The fourth-order valence-corrected chi connectivity index (χ4v) is 4.65. The van der Waals surface area contributed by atoms with Crippen molar-refractivity contribution in [3.8, 4) is 11.3 Å². The van der Waals surface area contributed by atoms with Crippen LogP contribution in [0.5, 0.6) is 0 Å². The van der Waals surface area contributed by atoms with Gasteiger partial charge in [0.05, 0.1) is 16.4 Å². The number of benzene rings is 1. The molecule has 3 rings (SSSR count). The molecule has 1 saturated heterocycles. The minimum Gasteiger partial charge on any atom is -0.370 e. The largest absolute Gasteiger partial charge is 0.370 e. The van der Waals surface area contributed by atoms with Crippen LogP contribution in [0.15, 0.2) is 42.5 Å². The molecule has 0 aliphatic carbocycles. The van der Waals surface area contributed by atoms with Crippen LogP contribution in [0, 0.1) is 16.0 Å². The number of aromatic nitrogens is 1. The molecule has 1 fully saturated rings. The summed E-state index contributed by atoms with van der Waals surface area (Å²) in [5.74, 6) is 0.955. The van der Waals surface area contributed by atoms with Gasteiger partial charge in [-0.05, 0) is 18.4 Å². The van der Waals surface area contributed by atoms with Crippen molar-refractivity contribution in [2.24, 2.45) is 5.92 Å². The summed E-state index contributed by atoms with van der Waals surface area (Å²) >= 11 is 0. The molecular weight excluding hydrogens is 330 g/mol. The first-order valence-corrected chi connectivity index (χ1v) is 9.42. The van der Waals surface area contributed by atoms with Gasteiger partial charge in [0.2, 0.25) is 0 Å². The van der Waals surface area contributed by atoms with Gasteiger partial charge in [0.15, 0.2) is 15.5 Å². The Hall–Kier alpha value is -2.48. The van der Waals surface area contributed by atoms with Crippen molar-refractivity contribution in [3.63, 3.8) is 0 Å². The number of nitrogens with zero attached hydrogens (tertiary/aromatic N) is 2. The Balaban J connectivity index is 1.81. The van der Waals surface area contributed by atoms with Crippen LogP contribution < -0.4 is 5.32 Å². The normalized spacial score (nSPS) is 19.1. The fraction of sp³-hybridized carbons (Fsp3) is 0.312. The Morgan fingerprint density at radius 2 is 1.96 bits per heavy atom. The second kappa shape index (κ2) is 6.56. The van der Waals surface area contributed by atoms with E-state index in [1.165, 1.54) is 6.07 Å². The number of nitrogens with one attached hydrogen (secondary N) is 1. The van der Waals surface area contributed by atoms with Crippen molar-refractivity contribution >= 4 is 21.3 Å². The zero-order valence-electron chi connectivity index (χ0n) is 12.9. The van der Waals surface area contributed by atoms with Gasteiger partial charge in [0, 0.05) is 18.2 Å². The van der Waals surface area contributed by atoms with Crippen LogP contribution in [0.1, 0.15) is 6.42 Å². The number of sulfone groups is 1. The topological polar surface area (TPSA) is 102 Å². The zero-order chi connectivity index (χ0) is 17.2. The maximum atomic E-state index is 11.5. The van der Waals surface area contributed by atoms with Gasteiger partial charge >= 0.3 is 0 Å². The van der Waals surface area contributed by atoms with E-state index >= 15 is 0 Å². The Kier molecular flexibility index (Phi) is 4.48. The third-order valence-corrected chi connectivity index (χ3v) is 5.85. The molecule has 2 heterocycles. The Morgan fingerprint density at radius 3 is 2.58 bits per heavy atom. The van der Waals surface area contributed by atoms with Crippen molar-refractivity contribution in [2.75, 3.05) is 23.4 Å². The van der Waals surface area contributed by atoms with Crippen molar-refractivity contribution in [3.05, 3.63) is 52.6 Å². The molecule has 0 saturated carbocycles. The Labute approximate surface area is 139 Å². The molecule has 7 nitrogen and oxygen atoms in total. The lowest BCUT2D eigenvalue weighted by molar-refractivity contribution is -0.384. The van der Waals surface area contributed by atoms with Gasteiger partial charge in [0.1, 0.15) is 5.82 Å². The van der Waals surface area contributed by atoms with Gasteiger partial charge in [-0.25, -0.2) is 13.4 Å². The smallest absolute Gasteiger partial charge is 0.295 e. The third kappa shape index (κ3) is 3.70. The lowest BCUT2D eigenvalue weighted by Crippen LogP contribution is -2.16. The molecule has 1 N–H and O–H groups in total. The molecule has 1 aromatic carbocycles. The quantitative estimate of drug-likeness (QED) is 0.658. The SMILES string of the molecule is O=[N+]([O-])c1ccc(NCC2CCS(=O)(=O)C2)nc1-c1ccccc1. The summed E-state index contributed by atoms with van der Waals surface area (Å²) in [4.78, 5) is 15.1. The predicted octanol–water partition coefficient (Wildman–Crippen LogP) is 2.50. The molecule has 1 aromatic heterocycles. The molecule has 1 aliphatic heterocycles. The summed E-state index contributed by atoms with van der Waals surface area (Å²) in [6.45, 7) is 0.484. The zero-order valence-corrected chi connectivity index (χ0v) is 13.7. The van der Waals surface area contributed by atoms with Crippen molar-refractivity contribution < 1.29 is 13.3 Å². The van der Waals surface area contributed by atoms with Gasteiger partial charge in [-0.3, -0.25) is 10.1 Å². The van der Waals surface area contributed by atoms with Crippen molar-refractivity contribution in [1.29, 1.82) is 0 Å². The van der Waals surface area contributed by atoms with E-state index in [-0.39, 0.29) is 23.1 Å². The highest BCUT2D eigenvalue weighted by atomic mass is 32.2. The first kappa shape index (κ1) is 16.4. The lowest BCUT2D eigenvalue weighted by atomic mass is 10.1. The summed E-state index contributed by atoms with van der Waals surface area (Å²) in [5.41, 5.74) is 0.899. The molecule has 126 valence electrons. The Bertz CT molecular complexity index is 853. The molecule has 2 aromatic rings. The molecule has 0 amide bonds. The minimum absolute atomic E-state index is 0.0483. The van der Waals surface area contributed by atoms with E-state index in [1.807, 2.05) is 6.07 Å². The van der Waals surface area contributed by atoms with Crippen LogP contribution in [0.25, 0.3) is 11.3 Å². The van der Waals surface area contributed by atoms with Gasteiger partial charge in [-0.2, -0.15) is 0 Å². The van der Waals surface area contributed by atoms with E-state index in [0.717, 1.165) is 0 Å². The molecule has 8 heteroatoms. The van der Waals surface area contributed by atoms with Crippen LogP contribution in [0.2, 0.25) is 0 Å². The number of hydrogen-bond acceptors (Lipinski definition) is 6. The summed E-state index contributed by atoms with van der Waals surface area (Å²) < 4.78 is 23.0. The van der Waals surface area contributed by atoms with E-state index in [9.17, 15) is 18.5 Å². The van der Waals surface area contributed by atoms with E-state index in [4.69, 9.17) is 0 Å².